The zero-order valence-electron chi connectivity index (χ0n) is 19.3. The maximum absolute atomic E-state index is 13.2. The molecule has 0 bridgehead atoms. The monoisotopic (exact) mass is 424 g/mol. The molecule has 5 heteroatoms. The van der Waals surface area contributed by atoms with Crippen LogP contribution in [0.3, 0.4) is 0 Å². The lowest BCUT2D eigenvalue weighted by Gasteiger charge is -2.38. The van der Waals surface area contributed by atoms with E-state index in [2.05, 4.69) is 6.92 Å². The molecule has 2 heterocycles. The number of hydrogen-bond donors (Lipinski definition) is 0. The molecule has 1 saturated carbocycles. The number of rotatable bonds is 5. The maximum Gasteiger partial charge on any atom is 0.347 e. The van der Waals surface area contributed by atoms with Crippen LogP contribution in [0.25, 0.3) is 11.0 Å². The van der Waals surface area contributed by atoms with E-state index < -0.39 is 11.7 Å². The Morgan fingerprint density at radius 3 is 2.65 bits per heavy atom. The number of ether oxygens (including phenoxy) is 2. The standard InChI is InChI=1S/C26H32O5/c1-13(2)12-18(27)23-16(5)17-11-10-15(4)20(17)25(31-23)22-24(29-6)21-14(3)8-7-9-19(21)30-26(22)28/h7-9,13,15,17,20,25H,10-12H2,1-6H3/t15-,17+,20+,25-/m0/s1. The highest BCUT2D eigenvalue weighted by molar-refractivity contribution is 5.94. The second-order valence-electron chi connectivity index (χ2n) is 9.59. The van der Waals surface area contributed by atoms with Gasteiger partial charge in [0.15, 0.2) is 11.5 Å². The summed E-state index contributed by atoms with van der Waals surface area (Å²) >= 11 is 0. The van der Waals surface area contributed by atoms with Crippen LogP contribution in [0.1, 0.15) is 64.2 Å². The third-order valence-corrected chi connectivity index (χ3v) is 7.03. The fourth-order valence-electron chi connectivity index (χ4n) is 5.56. The molecule has 2 aliphatic rings. The molecule has 5 nitrogen and oxygen atoms in total. The van der Waals surface area contributed by atoms with Gasteiger partial charge in [0, 0.05) is 12.3 Å². The highest BCUT2D eigenvalue weighted by Gasteiger charge is 2.48. The fourth-order valence-corrected chi connectivity index (χ4v) is 5.56. The Morgan fingerprint density at radius 1 is 1.23 bits per heavy atom. The third-order valence-electron chi connectivity index (χ3n) is 7.03. The minimum absolute atomic E-state index is 0.0100. The Morgan fingerprint density at radius 2 is 1.97 bits per heavy atom. The second kappa shape index (κ2) is 8.18. The van der Waals surface area contributed by atoms with Crippen LogP contribution in [0.2, 0.25) is 0 Å². The lowest BCUT2D eigenvalue weighted by molar-refractivity contribution is -0.123. The van der Waals surface area contributed by atoms with Crippen LogP contribution in [0, 0.1) is 30.6 Å². The van der Waals surface area contributed by atoms with Crippen LogP contribution in [-0.4, -0.2) is 12.9 Å². The molecule has 1 aromatic heterocycles. The molecule has 0 N–H and O–H groups in total. The number of aryl methyl sites for hydroxylation is 1. The zero-order valence-corrected chi connectivity index (χ0v) is 19.3. The van der Waals surface area contributed by atoms with Gasteiger partial charge in [0.25, 0.3) is 0 Å². The molecular weight excluding hydrogens is 392 g/mol. The third kappa shape index (κ3) is 3.58. The first kappa shape index (κ1) is 21.7. The van der Waals surface area contributed by atoms with Gasteiger partial charge in [-0.25, -0.2) is 4.79 Å². The van der Waals surface area contributed by atoms with Gasteiger partial charge in [0.1, 0.15) is 23.0 Å². The van der Waals surface area contributed by atoms with E-state index >= 15 is 0 Å². The van der Waals surface area contributed by atoms with E-state index in [0.717, 1.165) is 29.4 Å². The Bertz CT molecular complexity index is 1110. The van der Waals surface area contributed by atoms with E-state index in [4.69, 9.17) is 13.9 Å². The van der Waals surface area contributed by atoms with Crippen molar-refractivity contribution in [2.75, 3.05) is 7.11 Å². The number of fused-ring (bicyclic) bond motifs is 2. The number of Topliss-reactive ketones (excluding diaryl/α,β-unsaturated/α-hetero) is 1. The van der Waals surface area contributed by atoms with Gasteiger partial charge in [0.2, 0.25) is 0 Å². The van der Waals surface area contributed by atoms with Crippen LogP contribution < -0.4 is 10.4 Å². The molecule has 0 saturated heterocycles. The molecule has 166 valence electrons. The molecular formula is C26H32O5. The van der Waals surface area contributed by atoms with Crippen LogP contribution >= 0.6 is 0 Å². The lowest BCUT2D eigenvalue weighted by atomic mass is 9.76. The topological polar surface area (TPSA) is 65.7 Å². The fraction of sp³-hybridized carbons (Fsp3) is 0.538. The molecule has 0 amide bonds. The van der Waals surface area contributed by atoms with Gasteiger partial charge in [0.05, 0.1) is 12.5 Å². The molecule has 4 rings (SSSR count). The summed E-state index contributed by atoms with van der Waals surface area (Å²) in [6, 6.07) is 5.61. The average molecular weight is 425 g/mol. The zero-order chi connectivity index (χ0) is 22.4. The number of carbonyl (C=O) groups excluding carboxylic acids is 1. The van der Waals surface area contributed by atoms with Crippen LogP contribution in [-0.2, 0) is 9.53 Å². The number of methoxy groups -OCH3 is 1. The van der Waals surface area contributed by atoms with Gasteiger partial charge in [-0.15, -0.1) is 0 Å². The van der Waals surface area contributed by atoms with Gasteiger partial charge in [-0.3, -0.25) is 4.79 Å². The Hall–Kier alpha value is -2.56. The molecule has 1 fully saturated rings. The minimum Gasteiger partial charge on any atom is -0.495 e. The van der Waals surface area contributed by atoms with Crippen LogP contribution in [0.4, 0.5) is 0 Å². The minimum atomic E-state index is -0.562. The van der Waals surface area contributed by atoms with E-state index in [0.29, 0.717) is 35.0 Å². The summed E-state index contributed by atoms with van der Waals surface area (Å²) in [6.07, 6.45) is 1.90. The van der Waals surface area contributed by atoms with Crippen molar-refractivity contribution < 1.29 is 18.7 Å². The van der Waals surface area contributed by atoms with Crippen molar-refractivity contribution in [3.63, 3.8) is 0 Å². The SMILES string of the molecule is COc1c([C@H]2OC(C(=O)CC(C)C)=C(C)[C@H]3CC[C@H](C)[C@H]32)c(=O)oc2cccc(C)c12. The van der Waals surface area contributed by atoms with Crippen LogP contribution in [0.5, 0.6) is 5.75 Å². The average Bonchev–Trinajstić information content (AvgIpc) is 3.10. The quantitative estimate of drug-likeness (QED) is 0.573. The van der Waals surface area contributed by atoms with Gasteiger partial charge in [-0.2, -0.15) is 0 Å². The van der Waals surface area contributed by atoms with Crippen molar-refractivity contribution in [2.24, 2.45) is 23.7 Å². The van der Waals surface area contributed by atoms with E-state index in [1.54, 1.807) is 13.2 Å². The first-order chi connectivity index (χ1) is 14.7. The first-order valence-corrected chi connectivity index (χ1v) is 11.3. The number of carbonyl (C=O) groups is 1. The molecule has 1 aliphatic heterocycles. The van der Waals surface area contributed by atoms with E-state index in [9.17, 15) is 9.59 Å². The van der Waals surface area contributed by atoms with Crippen molar-refractivity contribution >= 4 is 16.8 Å². The van der Waals surface area contributed by atoms with E-state index in [1.165, 1.54) is 0 Å². The highest BCUT2D eigenvalue weighted by atomic mass is 16.5. The second-order valence-corrected chi connectivity index (χ2v) is 9.59. The van der Waals surface area contributed by atoms with Gasteiger partial charge < -0.3 is 13.9 Å². The Balaban J connectivity index is 1.92. The summed E-state index contributed by atoms with van der Waals surface area (Å²) in [4.78, 5) is 26.3. The Kier molecular flexibility index (Phi) is 5.71. The van der Waals surface area contributed by atoms with Gasteiger partial charge in [-0.05, 0) is 61.6 Å². The molecule has 2 aromatic rings. The van der Waals surface area contributed by atoms with Crippen molar-refractivity contribution in [1.29, 1.82) is 0 Å². The summed E-state index contributed by atoms with van der Waals surface area (Å²) in [6.45, 7) is 10.2. The Labute approximate surface area is 183 Å². The summed E-state index contributed by atoms with van der Waals surface area (Å²) in [5.74, 6) is 1.87. The molecule has 31 heavy (non-hydrogen) atoms. The highest BCUT2D eigenvalue weighted by Crippen LogP contribution is 2.54. The van der Waals surface area contributed by atoms with Crippen molar-refractivity contribution in [3.8, 4) is 5.75 Å². The van der Waals surface area contributed by atoms with Gasteiger partial charge >= 0.3 is 5.63 Å². The lowest BCUT2D eigenvalue weighted by Crippen LogP contribution is -2.34. The smallest absolute Gasteiger partial charge is 0.347 e. The van der Waals surface area contributed by atoms with Crippen LogP contribution in [0.15, 0.2) is 38.7 Å². The summed E-state index contributed by atoms with van der Waals surface area (Å²) in [5, 5.41) is 0.784. The molecule has 1 aromatic carbocycles. The first-order valence-electron chi connectivity index (χ1n) is 11.3. The number of allylic oxidation sites excluding steroid dienone is 2. The van der Waals surface area contributed by atoms with Crippen molar-refractivity contribution in [2.45, 2.75) is 60.0 Å². The predicted molar refractivity (Wildman–Crippen MR) is 120 cm³/mol. The van der Waals surface area contributed by atoms with Crippen molar-refractivity contribution in [1.82, 2.24) is 0 Å². The molecule has 0 unspecified atom stereocenters. The molecule has 0 radical (unpaired) electrons. The predicted octanol–water partition coefficient (Wildman–Crippen LogP) is 5.73. The summed E-state index contributed by atoms with van der Waals surface area (Å²) in [7, 11) is 1.58. The largest absolute Gasteiger partial charge is 0.495 e. The number of ketones is 1. The summed E-state index contributed by atoms with van der Waals surface area (Å²) < 4.78 is 18.0. The molecule has 4 atom stereocenters. The molecule has 1 aliphatic carbocycles. The number of hydrogen-bond acceptors (Lipinski definition) is 5. The van der Waals surface area contributed by atoms with E-state index in [-0.39, 0.29) is 23.5 Å². The van der Waals surface area contributed by atoms with Gasteiger partial charge in [-0.1, -0.05) is 32.9 Å². The summed E-state index contributed by atoms with van der Waals surface area (Å²) in [5.41, 5.74) is 2.44. The van der Waals surface area contributed by atoms with Crippen molar-refractivity contribution in [3.05, 3.63) is 51.1 Å². The van der Waals surface area contributed by atoms with E-state index in [1.807, 2.05) is 39.8 Å². The normalized spacial score (nSPS) is 25.6. The number of benzene rings is 1. The maximum atomic E-state index is 13.2. The molecule has 0 spiro atoms.